The molecule has 0 N–H and O–H groups in total. The molecule has 35 heavy (non-hydrogen) atoms. The van der Waals surface area contributed by atoms with E-state index in [9.17, 15) is 18.0 Å². The lowest BCUT2D eigenvalue weighted by molar-refractivity contribution is 0.0993. The number of ether oxygens (including phenoxy) is 1. The number of sulfonamides is 1. The Bertz CT molecular complexity index is 1570. The summed E-state index contributed by atoms with van der Waals surface area (Å²) in [4.78, 5) is 31.6. The van der Waals surface area contributed by atoms with Crippen LogP contribution in [-0.2, 0) is 10.0 Å². The second kappa shape index (κ2) is 8.52. The van der Waals surface area contributed by atoms with E-state index in [0.29, 0.717) is 34.4 Å². The molecule has 9 heteroatoms. The molecule has 0 saturated heterocycles. The Balaban J connectivity index is 1.72. The van der Waals surface area contributed by atoms with Gasteiger partial charge in [-0.25, -0.2) is 8.42 Å². The number of amides is 2. The zero-order valence-electron chi connectivity index (χ0n) is 19.0. The van der Waals surface area contributed by atoms with E-state index in [0.717, 1.165) is 4.31 Å². The van der Waals surface area contributed by atoms with Crippen LogP contribution in [0.1, 0.15) is 27.6 Å². The Morgan fingerprint density at radius 2 is 1.71 bits per heavy atom. The lowest BCUT2D eigenvalue weighted by atomic mass is 10.1. The highest BCUT2D eigenvalue weighted by atomic mass is 32.2. The minimum atomic E-state index is -4.40. The summed E-state index contributed by atoms with van der Waals surface area (Å²) in [6, 6.07) is 17.2. The highest BCUT2D eigenvalue weighted by Gasteiger charge is 2.36. The molecular formula is C26H21N3O5S. The van der Waals surface area contributed by atoms with Gasteiger partial charge in [-0.2, -0.15) is 4.31 Å². The Morgan fingerprint density at radius 3 is 2.40 bits per heavy atom. The molecule has 0 fully saturated rings. The van der Waals surface area contributed by atoms with Gasteiger partial charge < -0.3 is 9.64 Å². The first-order valence-electron chi connectivity index (χ1n) is 10.9. The summed E-state index contributed by atoms with van der Waals surface area (Å²) < 4.78 is 34.5. The van der Waals surface area contributed by atoms with Crippen molar-refractivity contribution in [1.29, 1.82) is 0 Å². The zero-order valence-corrected chi connectivity index (χ0v) is 19.8. The Kier molecular flexibility index (Phi) is 5.49. The van der Waals surface area contributed by atoms with Gasteiger partial charge in [-0.3, -0.25) is 14.6 Å². The fraction of sp³-hybridized carbons (Fsp3) is 0.115. The van der Waals surface area contributed by atoms with E-state index in [1.54, 1.807) is 43.4 Å². The predicted molar refractivity (Wildman–Crippen MR) is 133 cm³/mol. The molecule has 0 spiro atoms. The lowest BCUT2D eigenvalue weighted by Crippen LogP contribution is -2.37. The molecule has 0 unspecified atom stereocenters. The highest BCUT2D eigenvalue weighted by molar-refractivity contribution is 7.93. The van der Waals surface area contributed by atoms with Crippen LogP contribution in [0, 0.1) is 0 Å². The number of pyridine rings is 1. The van der Waals surface area contributed by atoms with E-state index in [2.05, 4.69) is 4.98 Å². The summed E-state index contributed by atoms with van der Waals surface area (Å²) in [6.45, 7) is 2.29. The minimum Gasteiger partial charge on any atom is -0.494 e. The SMILES string of the molecule is CCOc1ccc(N(C(=O)c2ccncc2)S(=O)(=O)c2ccc3c4c(cccc24)C(=O)N3C)cc1. The molecule has 0 bridgehead atoms. The van der Waals surface area contributed by atoms with E-state index < -0.39 is 15.9 Å². The van der Waals surface area contributed by atoms with Crippen molar-refractivity contribution < 1.29 is 22.7 Å². The summed E-state index contributed by atoms with van der Waals surface area (Å²) in [5, 5.41) is 0.917. The third-order valence-electron chi connectivity index (χ3n) is 5.89. The van der Waals surface area contributed by atoms with Crippen LogP contribution in [0.4, 0.5) is 11.4 Å². The number of hydrogen-bond acceptors (Lipinski definition) is 6. The molecule has 2 amide bonds. The highest BCUT2D eigenvalue weighted by Crippen LogP contribution is 2.41. The van der Waals surface area contributed by atoms with Gasteiger partial charge in [0.2, 0.25) is 0 Å². The van der Waals surface area contributed by atoms with Crippen molar-refractivity contribution in [3.05, 3.63) is 90.3 Å². The average Bonchev–Trinajstić information content (AvgIpc) is 3.12. The maximum atomic E-state index is 14.1. The van der Waals surface area contributed by atoms with Gasteiger partial charge in [0.1, 0.15) is 5.75 Å². The van der Waals surface area contributed by atoms with Crippen molar-refractivity contribution in [2.45, 2.75) is 11.8 Å². The van der Waals surface area contributed by atoms with Crippen molar-refractivity contribution in [1.82, 2.24) is 4.98 Å². The van der Waals surface area contributed by atoms with Crippen LogP contribution in [0.25, 0.3) is 10.8 Å². The van der Waals surface area contributed by atoms with Crippen LogP contribution in [-0.4, -0.2) is 38.9 Å². The maximum absolute atomic E-state index is 14.1. The first kappa shape index (κ1) is 22.5. The second-order valence-corrected chi connectivity index (χ2v) is 9.67. The quantitative estimate of drug-likeness (QED) is 0.403. The van der Waals surface area contributed by atoms with E-state index in [1.165, 1.54) is 47.6 Å². The summed E-state index contributed by atoms with van der Waals surface area (Å²) in [5.74, 6) is -0.388. The summed E-state index contributed by atoms with van der Waals surface area (Å²) in [7, 11) is -2.76. The third-order valence-corrected chi connectivity index (χ3v) is 7.66. The normalized spacial score (nSPS) is 12.7. The molecule has 176 valence electrons. The molecule has 0 aliphatic carbocycles. The molecule has 4 aromatic rings. The molecule has 2 heterocycles. The molecule has 5 rings (SSSR count). The van der Waals surface area contributed by atoms with Crippen molar-refractivity contribution >= 4 is 44.0 Å². The van der Waals surface area contributed by atoms with Crippen molar-refractivity contribution in [3.63, 3.8) is 0 Å². The van der Waals surface area contributed by atoms with Gasteiger partial charge in [-0.15, -0.1) is 0 Å². The van der Waals surface area contributed by atoms with Gasteiger partial charge in [0.05, 0.1) is 22.9 Å². The summed E-state index contributed by atoms with van der Waals surface area (Å²) >= 11 is 0. The van der Waals surface area contributed by atoms with Crippen LogP contribution in [0.15, 0.2) is 84.0 Å². The fourth-order valence-electron chi connectivity index (χ4n) is 4.25. The van der Waals surface area contributed by atoms with Crippen LogP contribution in [0.5, 0.6) is 5.75 Å². The van der Waals surface area contributed by atoms with Gasteiger partial charge in [-0.1, -0.05) is 12.1 Å². The number of nitrogens with zero attached hydrogens (tertiary/aromatic N) is 3. The lowest BCUT2D eigenvalue weighted by Gasteiger charge is -2.24. The van der Waals surface area contributed by atoms with Gasteiger partial charge in [0.15, 0.2) is 0 Å². The first-order chi connectivity index (χ1) is 16.8. The Hall–Kier alpha value is -4.24. The molecule has 0 radical (unpaired) electrons. The molecule has 1 aliphatic rings. The van der Waals surface area contributed by atoms with E-state index in [1.807, 2.05) is 6.92 Å². The number of rotatable bonds is 6. The maximum Gasteiger partial charge on any atom is 0.272 e. The Labute approximate surface area is 202 Å². The number of carbonyl (C=O) groups excluding carboxylic acids is 2. The van der Waals surface area contributed by atoms with Crippen LogP contribution in [0.2, 0.25) is 0 Å². The van der Waals surface area contributed by atoms with E-state index in [-0.39, 0.29) is 22.1 Å². The molecule has 1 aliphatic heterocycles. The average molecular weight is 488 g/mol. The number of benzene rings is 3. The van der Waals surface area contributed by atoms with Gasteiger partial charge in [0.25, 0.3) is 21.8 Å². The molecule has 1 aromatic heterocycles. The number of aromatic nitrogens is 1. The van der Waals surface area contributed by atoms with Crippen LogP contribution in [0.3, 0.4) is 0 Å². The predicted octanol–water partition coefficient (Wildman–Crippen LogP) is 4.26. The monoisotopic (exact) mass is 487 g/mol. The van der Waals surface area contributed by atoms with Crippen molar-refractivity contribution in [2.75, 3.05) is 22.9 Å². The van der Waals surface area contributed by atoms with Gasteiger partial charge in [0, 0.05) is 41.3 Å². The number of hydrogen-bond donors (Lipinski definition) is 0. The Morgan fingerprint density at radius 1 is 1.00 bits per heavy atom. The summed E-state index contributed by atoms with van der Waals surface area (Å²) in [6.07, 6.45) is 2.85. The first-order valence-corrected chi connectivity index (χ1v) is 12.3. The third kappa shape index (κ3) is 3.60. The van der Waals surface area contributed by atoms with Crippen molar-refractivity contribution in [2.24, 2.45) is 0 Å². The van der Waals surface area contributed by atoms with Gasteiger partial charge >= 0.3 is 0 Å². The number of carbonyl (C=O) groups is 2. The molecular weight excluding hydrogens is 466 g/mol. The zero-order chi connectivity index (χ0) is 24.7. The summed E-state index contributed by atoms with van der Waals surface area (Å²) in [5.41, 5.74) is 1.36. The van der Waals surface area contributed by atoms with E-state index in [4.69, 9.17) is 4.74 Å². The molecule has 0 atom stereocenters. The fourth-order valence-corrected chi connectivity index (χ4v) is 5.86. The standard InChI is InChI=1S/C26H21N3O5S/c1-3-34-19-9-7-18(8-10-19)29(25(30)17-13-15-27-16-14-17)35(32,33)23-12-11-22-24-20(23)5-4-6-21(24)26(31)28(22)2/h4-16H,3H2,1-2H3. The smallest absolute Gasteiger partial charge is 0.272 e. The van der Waals surface area contributed by atoms with Crippen LogP contribution >= 0.6 is 0 Å². The van der Waals surface area contributed by atoms with Gasteiger partial charge in [-0.05, 0) is 61.5 Å². The topological polar surface area (TPSA) is 96.9 Å². The molecule has 3 aromatic carbocycles. The second-order valence-electron chi connectivity index (χ2n) is 7.91. The minimum absolute atomic E-state index is 0.0718. The molecule has 0 saturated carbocycles. The largest absolute Gasteiger partial charge is 0.494 e. The van der Waals surface area contributed by atoms with Crippen LogP contribution < -0.4 is 13.9 Å². The molecule has 8 nitrogen and oxygen atoms in total. The van der Waals surface area contributed by atoms with E-state index >= 15 is 0 Å². The number of anilines is 2. The van der Waals surface area contributed by atoms with Crippen molar-refractivity contribution in [3.8, 4) is 5.75 Å².